The van der Waals surface area contributed by atoms with Crippen LogP contribution in [0.1, 0.15) is 22.8 Å². The smallest absolute Gasteiger partial charge is 0.196 e. The largest absolute Gasteiger partial charge is 0.363 e. The third-order valence-corrected chi connectivity index (χ3v) is 4.93. The molecule has 3 rings (SSSR count). The molecule has 0 saturated carbocycles. The number of aryl methyl sites for hydroxylation is 1. The highest BCUT2D eigenvalue weighted by atomic mass is 32.1. The summed E-state index contributed by atoms with van der Waals surface area (Å²) in [6.45, 7) is 5.99. The number of morpholine rings is 1. The Labute approximate surface area is 129 Å². The summed E-state index contributed by atoms with van der Waals surface area (Å²) >= 11 is 1.72. The second-order valence-corrected chi connectivity index (χ2v) is 6.55. The molecule has 0 amide bonds. The third kappa shape index (κ3) is 2.87. The van der Waals surface area contributed by atoms with Crippen LogP contribution in [0, 0.1) is 6.92 Å². The van der Waals surface area contributed by atoms with Crippen LogP contribution in [0.4, 0.5) is 5.00 Å². The summed E-state index contributed by atoms with van der Waals surface area (Å²) in [4.78, 5) is 15.0. The van der Waals surface area contributed by atoms with E-state index >= 15 is 0 Å². The van der Waals surface area contributed by atoms with Crippen LogP contribution in [0.3, 0.4) is 0 Å². The Morgan fingerprint density at radius 3 is 2.76 bits per heavy atom. The monoisotopic (exact) mass is 301 g/mol. The first-order chi connectivity index (χ1) is 10.1. The van der Waals surface area contributed by atoms with Crippen LogP contribution in [0.2, 0.25) is 0 Å². The molecule has 1 aromatic carbocycles. The Hall–Kier alpha value is -1.65. The summed E-state index contributed by atoms with van der Waals surface area (Å²) in [7, 11) is 0. The van der Waals surface area contributed by atoms with Crippen molar-refractivity contribution in [2.75, 3.05) is 24.6 Å². The van der Waals surface area contributed by atoms with Gasteiger partial charge in [-0.2, -0.15) is 0 Å². The minimum absolute atomic E-state index is 0.0566. The van der Waals surface area contributed by atoms with Gasteiger partial charge in [0.15, 0.2) is 5.78 Å². The molecule has 0 bridgehead atoms. The van der Waals surface area contributed by atoms with Crippen molar-refractivity contribution >= 4 is 22.1 Å². The van der Waals surface area contributed by atoms with Crippen molar-refractivity contribution < 1.29 is 9.53 Å². The molecule has 3 nitrogen and oxygen atoms in total. The maximum atomic E-state index is 12.8. The second-order valence-electron chi connectivity index (χ2n) is 5.66. The summed E-state index contributed by atoms with van der Waals surface area (Å²) in [5, 5.41) is 3.35. The van der Waals surface area contributed by atoms with Crippen LogP contribution >= 0.6 is 11.3 Å². The predicted molar refractivity (Wildman–Crippen MR) is 86.4 cm³/mol. The van der Waals surface area contributed by atoms with E-state index in [1.165, 1.54) is 10.6 Å². The number of rotatable bonds is 3. The van der Waals surface area contributed by atoms with E-state index in [0.29, 0.717) is 18.7 Å². The van der Waals surface area contributed by atoms with Crippen molar-refractivity contribution in [2.24, 2.45) is 0 Å². The van der Waals surface area contributed by atoms with Crippen LogP contribution in [-0.2, 0) is 4.74 Å². The van der Waals surface area contributed by atoms with Gasteiger partial charge in [0.1, 0.15) is 5.60 Å². The third-order valence-electron chi connectivity index (χ3n) is 3.82. The number of carbonyl (C=O) groups excluding carboxylic acids is 1. The van der Waals surface area contributed by atoms with E-state index in [-0.39, 0.29) is 5.78 Å². The molecule has 0 radical (unpaired) electrons. The number of carbonyl (C=O) groups is 1. The summed E-state index contributed by atoms with van der Waals surface area (Å²) < 4.78 is 5.85. The number of Topliss-reactive ketones (excluding diaryl/α,β-unsaturated/α-hetero) is 1. The molecule has 21 heavy (non-hydrogen) atoms. The molecule has 1 aliphatic rings. The van der Waals surface area contributed by atoms with Crippen LogP contribution in [0.15, 0.2) is 41.8 Å². The standard InChI is InChI=1S/C17H19NO2S/c1-13-10-15(21-11-13)18-8-9-20-17(2,12-18)16(19)14-6-4-3-5-7-14/h3-7,10-11H,8-9,12H2,1-2H3. The van der Waals surface area contributed by atoms with Crippen LogP contribution in [0.25, 0.3) is 0 Å². The summed E-state index contributed by atoms with van der Waals surface area (Å²) in [5.74, 6) is 0.0566. The van der Waals surface area contributed by atoms with Gasteiger partial charge in [0.2, 0.25) is 0 Å². The van der Waals surface area contributed by atoms with Crippen molar-refractivity contribution in [3.05, 3.63) is 52.9 Å². The van der Waals surface area contributed by atoms with Crippen LogP contribution in [0.5, 0.6) is 0 Å². The Morgan fingerprint density at radius 1 is 1.33 bits per heavy atom. The van der Waals surface area contributed by atoms with E-state index in [0.717, 1.165) is 6.54 Å². The van der Waals surface area contributed by atoms with Crippen molar-refractivity contribution in [2.45, 2.75) is 19.4 Å². The molecule has 1 unspecified atom stereocenters. The first kappa shape index (κ1) is 14.3. The summed E-state index contributed by atoms with van der Waals surface area (Å²) in [6.07, 6.45) is 0. The van der Waals surface area contributed by atoms with Gasteiger partial charge in [0.05, 0.1) is 18.2 Å². The number of ketones is 1. The zero-order chi connectivity index (χ0) is 14.9. The Balaban J connectivity index is 1.82. The number of hydrogen-bond acceptors (Lipinski definition) is 4. The fraction of sp³-hybridized carbons (Fsp3) is 0.353. The fourth-order valence-electron chi connectivity index (χ4n) is 2.67. The Kier molecular flexibility index (Phi) is 3.83. The van der Waals surface area contributed by atoms with Gasteiger partial charge in [-0.15, -0.1) is 11.3 Å². The van der Waals surface area contributed by atoms with Gasteiger partial charge >= 0.3 is 0 Å². The Bertz CT molecular complexity index is 637. The second kappa shape index (κ2) is 5.62. The first-order valence-electron chi connectivity index (χ1n) is 7.12. The molecular formula is C17H19NO2S. The molecule has 110 valence electrons. The summed E-state index contributed by atoms with van der Waals surface area (Å²) in [5.41, 5.74) is 1.19. The maximum absolute atomic E-state index is 12.8. The molecule has 1 fully saturated rings. The maximum Gasteiger partial charge on any atom is 0.196 e. The normalized spacial score (nSPS) is 22.3. The summed E-state index contributed by atoms with van der Waals surface area (Å²) in [6, 6.07) is 11.6. The number of anilines is 1. The molecule has 2 aromatic rings. The first-order valence-corrected chi connectivity index (χ1v) is 8.00. The number of nitrogens with zero attached hydrogens (tertiary/aromatic N) is 1. The molecule has 0 aliphatic carbocycles. The minimum Gasteiger partial charge on any atom is -0.363 e. The number of hydrogen-bond donors (Lipinski definition) is 0. The van der Waals surface area contributed by atoms with E-state index in [2.05, 4.69) is 23.3 Å². The lowest BCUT2D eigenvalue weighted by Crippen LogP contribution is -2.54. The van der Waals surface area contributed by atoms with E-state index in [9.17, 15) is 4.79 Å². The zero-order valence-electron chi connectivity index (χ0n) is 12.3. The topological polar surface area (TPSA) is 29.5 Å². The molecule has 0 spiro atoms. The van der Waals surface area contributed by atoms with Gasteiger partial charge in [0, 0.05) is 12.1 Å². The molecule has 1 aromatic heterocycles. The molecule has 1 saturated heterocycles. The minimum atomic E-state index is -0.780. The predicted octanol–water partition coefficient (Wildman–Crippen LogP) is 3.53. The lowest BCUT2D eigenvalue weighted by atomic mass is 9.93. The fourth-order valence-corrected chi connectivity index (χ4v) is 3.61. The molecule has 2 heterocycles. The van der Waals surface area contributed by atoms with Crippen molar-refractivity contribution in [1.29, 1.82) is 0 Å². The van der Waals surface area contributed by atoms with E-state index < -0.39 is 5.60 Å². The van der Waals surface area contributed by atoms with Crippen LogP contribution < -0.4 is 4.90 Å². The molecule has 1 aliphatic heterocycles. The number of thiophene rings is 1. The van der Waals surface area contributed by atoms with Gasteiger partial charge < -0.3 is 9.64 Å². The molecular weight excluding hydrogens is 282 g/mol. The van der Waals surface area contributed by atoms with Crippen molar-refractivity contribution in [1.82, 2.24) is 0 Å². The van der Waals surface area contributed by atoms with E-state index in [1.54, 1.807) is 11.3 Å². The van der Waals surface area contributed by atoms with Gasteiger partial charge in [-0.05, 0) is 30.9 Å². The van der Waals surface area contributed by atoms with Gasteiger partial charge in [-0.1, -0.05) is 30.3 Å². The number of benzene rings is 1. The highest BCUT2D eigenvalue weighted by Crippen LogP contribution is 2.30. The van der Waals surface area contributed by atoms with Crippen LogP contribution in [-0.4, -0.2) is 31.1 Å². The lowest BCUT2D eigenvalue weighted by Gasteiger charge is -2.40. The quantitative estimate of drug-likeness (QED) is 0.812. The molecule has 4 heteroatoms. The molecule has 0 N–H and O–H groups in total. The van der Waals surface area contributed by atoms with Crippen molar-refractivity contribution in [3.63, 3.8) is 0 Å². The van der Waals surface area contributed by atoms with Gasteiger partial charge in [0.25, 0.3) is 0 Å². The average molecular weight is 301 g/mol. The highest BCUT2D eigenvalue weighted by Gasteiger charge is 2.39. The Morgan fingerprint density at radius 2 is 2.10 bits per heavy atom. The SMILES string of the molecule is Cc1csc(N2CCOC(C)(C(=O)c3ccccc3)C2)c1. The zero-order valence-corrected chi connectivity index (χ0v) is 13.2. The van der Waals surface area contributed by atoms with Gasteiger partial charge in [-0.3, -0.25) is 4.79 Å². The van der Waals surface area contributed by atoms with Gasteiger partial charge in [-0.25, -0.2) is 0 Å². The van der Waals surface area contributed by atoms with Crippen molar-refractivity contribution in [3.8, 4) is 0 Å². The lowest BCUT2D eigenvalue weighted by molar-refractivity contribution is -0.0232. The molecule has 1 atom stereocenters. The van der Waals surface area contributed by atoms with E-state index in [1.807, 2.05) is 37.3 Å². The average Bonchev–Trinajstić information content (AvgIpc) is 2.94. The number of ether oxygens (including phenoxy) is 1. The highest BCUT2D eigenvalue weighted by molar-refractivity contribution is 7.14. The van der Waals surface area contributed by atoms with E-state index in [4.69, 9.17) is 4.74 Å².